The first-order valence-electron chi connectivity index (χ1n) is 5.68. The molecular formula is C13H16ClNO2. The summed E-state index contributed by atoms with van der Waals surface area (Å²) in [5, 5.41) is 3.89. The molecule has 0 radical (unpaired) electrons. The number of hydrogen-bond acceptors (Lipinski definition) is 3. The molecule has 92 valence electrons. The Morgan fingerprint density at radius 1 is 1.41 bits per heavy atom. The molecule has 0 saturated carbocycles. The molecule has 0 aliphatic carbocycles. The summed E-state index contributed by atoms with van der Waals surface area (Å²) in [6, 6.07) is 7.46. The molecule has 0 saturated heterocycles. The number of halogens is 1. The van der Waals surface area contributed by atoms with Crippen LogP contribution in [0.4, 0.5) is 0 Å². The third-order valence-corrected chi connectivity index (χ3v) is 2.91. The van der Waals surface area contributed by atoms with Crippen molar-refractivity contribution in [3.63, 3.8) is 0 Å². The molecule has 0 spiro atoms. The van der Waals surface area contributed by atoms with Crippen LogP contribution >= 0.6 is 11.6 Å². The Morgan fingerprint density at radius 3 is 2.76 bits per heavy atom. The van der Waals surface area contributed by atoms with Gasteiger partial charge in [-0.15, -0.1) is 0 Å². The average molecular weight is 254 g/mol. The van der Waals surface area contributed by atoms with E-state index in [1.165, 1.54) is 0 Å². The Labute approximate surface area is 106 Å². The highest BCUT2D eigenvalue weighted by atomic mass is 35.5. The monoisotopic (exact) mass is 253 g/mol. The molecule has 1 aromatic rings. The molecule has 1 aliphatic heterocycles. The van der Waals surface area contributed by atoms with Gasteiger partial charge in [-0.2, -0.15) is 0 Å². The van der Waals surface area contributed by atoms with Crippen LogP contribution in [0.25, 0.3) is 0 Å². The largest absolute Gasteiger partial charge is 0.496 e. The van der Waals surface area contributed by atoms with Gasteiger partial charge in [-0.3, -0.25) is 0 Å². The molecule has 1 aliphatic rings. The molecule has 0 amide bonds. The van der Waals surface area contributed by atoms with E-state index in [0.29, 0.717) is 11.6 Å². The van der Waals surface area contributed by atoms with Gasteiger partial charge in [0, 0.05) is 11.4 Å². The van der Waals surface area contributed by atoms with Crippen molar-refractivity contribution in [3.8, 4) is 5.75 Å². The van der Waals surface area contributed by atoms with Gasteiger partial charge >= 0.3 is 0 Å². The summed E-state index contributed by atoms with van der Waals surface area (Å²) in [7, 11) is 1.90. The highest BCUT2D eigenvalue weighted by molar-refractivity contribution is 6.30. The van der Waals surface area contributed by atoms with E-state index in [9.17, 15) is 0 Å². The zero-order valence-corrected chi connectivity index (χ0v) is 10.5. The van der Waals surface area contributed by atoms with Crippen LogP contribution in [0.15, 0.2) is 36.1 Å². The fourth-order valence-electron chi connectivity index (χ4n) is 1.70. The molecule has 3 nitrogen and oxygen atoms in total. The Kier molecular flexibility index (Phi) is 4.29. The van der Waals surface area contributed by atoms with Crippen molar-refractivity contribution in [2.24, 2.45) is 0 Å². The maximum Gasteiger partial charge on any atom is 0.119 e. The number of hydrogen-bond donors (Lipinski definition) is 1. The third kappa shape index (κ3) is 3.38. The maximum atomic E-state index is 5.81. The summed E-state index contributed by atoms with van der Waals surface area (Å²) in [4.78, 5) is 0. The highest BCUT2D eigenvalue weighted by Gasteiger charge is 2.17. The lowest BCUT2D eigenvalue weighted by molar-refractivity contribution is 0.187. The minimum Gasteiger partial charge on any atom is -0.496 e. The lowest BCUT2D eigenvalue weighted by Gasteiger charge is -2.18. The molecule has 1 unspecified atom stereocenters. The van der Waals surface area contributed by atoms with Crippen LogP contribution in [0.3, 0.4) is 0 Å². The second-order valence-electron chi connectivity index (χ2n) is 3.85. The van der Waals surface area contributed by atoms with Gasteiger partial charge in [-0.1, -0.05) is 11.6 Å². The van der Waals surface area contributed by atoms with Crippen molar-refractivity contribution < 1.29 is 9.47 Å². The standard InChI is InChI=1S/C13H16ClNO2/c1-15-12(13-3-2-8-16-13)9-17-11-6-4-10(14)5-7-11/h3-7,12,15H,2,8-9H2,1H3. The topological polar surface area (TPSA) is 30.5 Å². The minimum absolute atomic E-state index is 0.105. The van der Waals surface area contributed by atoms with E-state index in [4.69, 9.17) is 21.1 Å². The summed E-state index contributed by atoms with van der Waals surface area (Å²) in [5.41, 5.74) is 0. The molecule has 1 N–H and O–H groups in total. The second-order valence-corrected chi connectivity index (χ2v) is 4.29. The summed E-state index contributed by atoms with van der Waals surface area (Å²) in [6.45, 7) is 1.32. The van der Waals surface area contributed by atoms with Gasteiger partial charge in [0.1, 0.15) is 18.1 Å². The van der Waals surface area contributed by atoms with Crippen molar-refractivity contribution in [2.75, 3.05) is 20.3 Å². The van der Waals surface area contributed by atoms with Crippen LogP contribution in [0, 0.1) is 0 Å². The molecule has 1 heterocycles. The molecule has 1 aromatic carbocycles. The van der Waals surface area contributed by atoms with Crippen molar-refractivity contribution in [1.29, 1.82) is 0 Å². The summed E-state index contributed by atoms with van der Waals surface area (Å²) in [5.74, 6) is 1.79. The van der Waals surface area contributed by atoms with E-state index in [1.54, 1.807) is 0 Å². The van der Waals surface area contributed by atoms with Gasteiger partial charge < -0.3 is 14.8 Å². The number of rotatable bonds is 5. The quantitative estimate of drug-likeness (QED) is 0.875. The molecule has 2 rings (SSSR count). The van der Waals surface area contributed by atoms with E-state index < -0.39 is 0 Å². The lowest BCUT2D eigenvalue weighted by Crippen LogP contribution is -2.33. The van der Waals surface area contributed by atoms with Gasteiger partial charge in [-0.05, 0) is 37.4 Å². The Morgan fingerprint density at radius 2 is 2.18 bits per heavy atom. The third-order valence-electron chi connectivity index (χ3n) is 2.65. The first kappa shape index (κ1) is 12.3. The zero-order valence-electron chi connectivity index (χ0n) is 9.78. The SMILES string of the molecule is CNC(COc1ccc(Cl)cc1)C1=CCCO1. The van der Waals surface area contributed by atoms with Crippen LogP contribution in [0.2, 0.25) is 5.02 Å². The summed E-state index contributed by atoms with van der Waals surface area (Å²) in [6.07, 6.45) is 3.08. The smallest absolute Gasteiger partial charge is 0.119 e. The molecule has 4 heteroatoms. The van der Waals surface area contributed by atoms with E-state index in [-0.39, 0.29) is 6.04 Å². The van der Waals surface area contributed by atoms with E-state index in [2.05, 4.69) is 11.4 Å². The predicted molar refractivity (Wildman–Crippen MR) is 68.4 cm³/mol. The van der Waals surface area contributed by atoms with Crippen molar-refractivity contribution in [3.05, 3.63) is 41.1 Å². The molecule has 0 aromatic heterocycles. The zero-order chi connectivity index (χ0) is 12.1. The highest BCUT2D eigenvalue weighted by Crippen LogP contribution is 2.18. The molecule has 17 heavy (non-hydrogen) atoms. The lowest BCUT2D eigenvalue weighted by atomic mass is 10.2. The predicted octanol–water partition coefficient (Wildman–Crippen LogP) is 2.61. The minimum atomic E-state index is 0.105. The van der Waals surface area contributed by atoms with Gasteiger partial charge in [0.05, 0.1) is 12.6 Å². The van der Waals surface area contributed by atoms with E-state index >= 15 is 0 Å². The molecule has 0 fully saturated rings. The van der Waals surface area contributed by atoms with Crippen molar-refractivity contribution in [2.45, 2.75) is 12.5 Å². The molecule has 0 bridgehead atoms. The Balaban J connectivity index is 1.89. The average Bonchev–Trinajstić information content (AvgIpc) is 2.86. The normalized spacial score (nSPS) is 16.2. The van der Waals surface area contributed by atoms with E-state index in [0.717, 1.165) is 24.5 Å². The Bertz CT molecular complexity index is 389. The number of likely N-dealkylation sites (N-methyl/N-ethyl adjacent to an activating group) is 1. The van der Waals surface area contributed by atoms with E-state index in [1.807, 2.05) is 31.3 Å². The number of ether oxygens (including phenoxy) is 2. The van der Waals surface area contributed by atoms with Crippen LogP contribution in [0.1, 0.15) is 6.42 Å². The van der Waals surface area contributed by atoms with Gasteiger partial charge in [-0.25, -0.2) is 0 Å². The first-order valence-corrected chi connectivity index (χ1v) is 6.06. The van der Waals surface area contributed by atoms with Crippen LogP contribution < -0.4 is 10.1 Å². The van der Waals surface area contributed by atoms with Gasteiger partial charge in [0.15, 0.2) is 0 Å². The fourth-order valence-corrected chi connectivity index (χ4v) is 1.82. The maximum absolute atomic E-state index is 5.81. The van der Waals surface area contributed by atoms with Crippen LogP contribution in [-0.4, -0.2) is 26.3 Å². The number of benzene rings is 1. The van der Waals surface area contributed by atoms with Crippen LogP contribution in [0.5, 0.6) is 5.75 Å². The second kappa shape index (κ2) is 5.94. The Hall–Kier alpha value is -1.19. The van der Waals surface area contributed by atoms with Gasteiger partial charge in [0.25, 0.3) is 0 Å². The van der Waals surface area contributed by atoms with Crippen molar-refractivity contribution >= 4 is 11.6 Å². The first-order chi connectivity index (χ1) is 8.29. The fraction of sp³-hybridized carbons (Fsp3) is 0.385. The van der Waals surface area contributed by atoms with Crippen molar-refractivity contribution in [1.82, 2.24) is 5.32 Å². The summed E-state index contributed by atoms with van der Waals surface area (Å²) >= 11 is 5.81. The molecule has 1 atom stereocenters. The van der Waals surface area contributed by atoms with Crippen LogP contribution in [-0.2, 0) is 4.74 Å². The summed E-state index contributed by atoms with van der Waals surface area (Å²) < 4.78 is 11.2. The van der Waals surface area contributed by atoms with Gasteiger partial charge in [0.2, 0.25) is 0 Å². The molecular weight excluding hydrogens is 238 g/mol. The number of nitrogens with one attached hydrogen (secondary N) is 1.